The molecule has 1 aliphatic heterocycles. The van der Waals surface area contributed by atoms with E-state index in [2.05, 4.69) is 21.9 Å². The lowest BCUT2D eigenvalue weighted by molar-refractivity contribution is 0.0764. The van der Waals surface area contributed by atoms with Crippen molar-refractivity contribution in [3.63, 3.8) is 0 Å². The number of pyridine rings is 1. The molecule has 0 unspecified atom stereocenters. The van der Waals surface area contributed by atoms with Gasteiger partial charge in [0.1, 0.15) is 0 Å². The van der Waals surface area contributed by atoms with Gasteiger partial charge in [-0.3, -0.25) is 19.1 Å². The van der Waals surface area contributed by atoms with E-state index in [1.807, 2.05) is 11.8 Å². The van der Waals surface area contributed by atoms with Crippen LogP contribution in [-0.2, 0) is 6.54 Å². The maximum atomic E-state index is 13.4. The monoisotopic (exact) mass is 385 g/mol. The van der Waals surface area contributed by atoms with E-state index >= 15 is 0 Å². The zero-order valence-electron chi connectivity index (χ0n) is 16.5. The van der Waals surface area contributed by atoms with Crippen LogP contribution in [0.15, 0.2) is 15.7 Å². The van der Waals surface area contributed by atoms with Crippen LogP contribution < -0.4 is 11.2 Å². The van der Waals surface area contributed by atoms with E-state index in [1.54, 1.807) is 6.07 Å². The first-order valence-electron chi connectivity index (χ1n) is 10.1. The summed E-state index contributed by atoms with van der Waals surface area (Å²) in [4.78, 5) is 49.6. The first-order valence-corrected chi connectivity index (χ1v) is 10.1. The molecule has 150 valence electrons. The molecule has 0 atom stereocenters. The highest BCUT2D eigenvalue weighted by Gasteiger charge is 2.30. The van der Waals surface area contributed by atoms with Gasteiger partial charge in [0.05, 0.1) is 10.9 Å². The molecule has 1 saturated heterocycles. The van der Waals surface area contributed by atoms with Gasteiger partial charge in [0.25, 0.3) is 11.5 Å². The second kappa shape index (κ2) is 7.50. The maximum Gasteiger partial charge on any atom is 0.329 e. The van der Waals surface area contributed by atoms with E-state index < -0.39 is 11.2 Å². The number of hydrogen-bond donors (Lipinski definition) is 1. The number of H-pyrrole nitrogens is 1. The lowest BCUT2D eigenvalue weighted by Gasteiger charge is -2.22. The van der Waals surface area contributed by atoms with Crippen molar-refractivity contribution in [2.24, 2.45) is 0 Å². The van der Waals surface area contributed by atoms with Crippen molar-refractivity contribution in [3.8, 4) is 0 Å². The minimum Gasteiger partial charge on any atom is -0.337 e. The average Bonchev–Trinajstić information content (AvgIpc) is 3.51. The van der Waals surface area contributed by atoms with Crippen LogP contribution in [0.3, 0.4) is 0 Å². The first kappa shape index (κ1) is 18.9. The number of carbonyl (C=O) groups excluding carboxylic acids is 1. The summed E-state index contributed by atoms with van der Waals surface area (Å²) in [7, 11) is 2.05. The van der Waals surface area contributed by atoms with E-state index in [0.29, 0.717) is 36.8 Å². The van der Waals surface area contributed by atoms with Crippen LogP contribution in [0.2, 0.25) is 0 Å². The van der Waals surface area contributed by atoms with E-state index in [-0.39, 0.29) is 11.3 Å². The van der Waals surface area contributed by atoms with Gasteiger partial charge in [-0.2, -0.15) is 0 Å². The number of aromatic amines is 1. The van der Waals surface area contributed by atoms with E-state index in [4.69, 9.17) is 0 Å². The highest BCUT2D eigenvalue weighted by Crippen LogP contribution is 2.40. The molecule has 2 fully saturated rings. The quantitative estimate of drug-likeness (QED) is 0.853. The summed E-state index contributed by atoms with van der Waals surface area (Å²) >= 11 is 0. The van der Waals surface area contributed by atoms with Gasteiger partial charge in [-0.1, -0.05) is 6.92 Å². The van der Waals surface area contributed by atoms with E-state index in [1.165, 1.54) is 4.57 Å². The van der Waals surface area contributed by atoms with Crippen LogP contribution in [0, 0.1) is 0 Å². The second-order valence-corrected chi connectivity index (χ2v) is 7.93. The zero-order valence-corrected chi connectivity index (χ0v) is 16.5. The molecule has 1 saturated carbocycles. The largest absolute Gasteiger partial charge is 0.337 e. The van der Waals surface area contributed by atoms with Crippen LogP contribution in [0.5, 0.6) is 0 Å². The molecule has 0 radical (unpaired) electrons. The molecular weight excluding hydrogens is 358 g/mol. The van der Waals surface area contributed by atoms with Crippen LogP contribution in [0.4, 0.5) is 0 Å². The summed E-state index contributed by atoms with van der Waals surface area (Å²) in [6.45, 7) is 5.47. The lowest BCUT2D eigenvalue weighted by atomic mass is 10.1. The molecule has 2 aromatic rings. The molecule has 2 aromatic heterocycles. The predicted molar refractivity (Wildman–Crippen MR) is 107 cm³/mol. The van der Waals surface area contributed by atoms with Crippen molar-refractivity contribution in [1.29, 1.82) is 0 Å². The van der Waals surface area contributed by atoms with Gasteiger partial charge in [-0.15, -0.1) is 0 Å². The number of hydrogen-bond acceptors (Lipinski definition) is 5. The number of carbonyl (C=O) groups is 1. The number of nitrogens with zero attached hydrogens (tertiary/aromatic N) is 4. The first-order chi connectivity index (χ1) is 13.5. The van der Waals surface area contributed by atoms with Crippen molar-refractivity contribution < 1.29 is 4.79 Å². The SMILES string of the molecule is CCCn1c(=O)[nH]c(=O)c2c(C(=O)N3CCCN(C)CC3)cc(C3CC3)nc21. The fourth-order valence-corrected chi connectivity index (χ4v) is 3.90. The van der Waals surface area contributed by atoms with Gasteiger partial charge in [0.2, 0.25) is 0 Å². The Morgan fingerprint density at radius 3 is 2.71 bits per heavy atom. The second-order valence-electron chi connectivity index (χ2n) is 7.93. The molecule has 8 heteroatoms. The number of nitrogens with one attached hydrogen (secondary N) is 1. The molecule has 4 rings (SSSR count). The Hall–Kier alpha value is -2.48. The molecule has 0 bridgehead atoms. The number of aromatic nitrogens is 3. The highest BCUT2D eigenvalue weighted by molar-refractivity contribution is 6.05. The highest BCUT2D eigenvalue weighted by atomic mass is 16.2. The number of amides is 1. The fourth-order valence-electron chi connectivity index (χ4n) is 3.90. The van der Waals surface area contributed by atoms with Gasteiger partial charge < -0.3 is 9.80 Å². The normalized spacial score (nSPS) is 18.4. The third-order valence-corrected chi connectivity index (χ3v) is 5.65. The van der Waals surface area contributed by atoms with Crippen LogP contribution in [-0.4, -0.2) is 63.5 Å². The summed E-state index contributed by atoms with van der Waals surface area (Å²) in [5.41, 5.74) is 0.544. The number of fused-ring (bicyclic) bond motifs is 1. The molecule has 3 heterocycles. The third-order valence-electron chi connectivity index (χ3n) is 5.65. The topological polar surface area (TPSA) is 91.3 Å². The molecule has 2 aliphatic rings. The summed E-state index contributed by atoms with van der Waals surface area (Å²) in [5, 5.41) is 0.236. The molecule has 1 N–H and O–H groups in total. The summed E-state index contributed by atoms with van der Waals surface area (Å²) in [6.07, 6.45) is 3.69. The average molecular weight is 385 g/mol. The minimum absolute atomic E-state index is 0.142. The van der Waals surface area contributed by atoms with E-state index in [9.17, 15) is 14.4 Å². The standard InChI is InChI=1S/C20H27N5O3/c1-3-7-25-17-16(18(26)22-20(25)28)14(12-15(21-17)13-5-6-13)19(27)24-9-4-8-23(2)10-11-24/h12-13H,3-11H2,1-2H3,(H,22,26,28). The molecule has 0 spiro atoms. The van der Waals surface area contributed by atoms with Crippen LogP contribution in [0.1, 0.15) is 54.6 Å². The third kappa shape index (κ3) is 3.48. The summed E-state index contributed by atoms with van der Waals surface area (Å²) in [6, 6.07) is 1.78. The maximum absolute atomic E-state index is 13.4. The molecule has 1 amide bonds. The summed E-state index contributed by atoms with van der Waals surface area (Å²) < 4.78 is 1.50. The summed E-state index contributed by atoms with van der Waals surface area (Å²) in [5.74, 6) is 0.174. The molecule has 28 heavy (non-hydrogen) atoms. The van der Waals surface area contributed by atoms with Gasteiger partial charge in [0.15, 0.2) is 5.65 Å². The zero-order chi connectivity index (χ0) is 19.8. The van der Waals surface area contributed by atoms with E-state index in [0.717, 1.165) is 44.5 Å². The predicted octanol–water partition coefficient (Wildman–Crippen LogP) is 1.15. The molecule has 8 nitrogen and oxygen atoms in total. The Morgan fingerprint density at radius 1 is 1.21 bits per heavy atom. The number of likely N-dealkylation sites (N-methyl/N-ethyl adjacent to an activating group) is 1. The Morgan fingerprint density at radius 2 is 2.00 bits per heavy atom. The van der Waals surface area contributed by atoms with Crippen molar-refractivity contribution in [2.75, 3.05) is 33.2 Å². The van der Waals surface area contributed by atoms with Gasteiger partial charge in [-0.05, 0) is 45.3 Å². The van der Waals surface area contributed by atoms with Crippen molar-refractivity contribution >= 4 is 16.9 Å². The number of aryl methyl sites for hydroxylation is 1. The Bertz CT molecular complexity index is 1020. The Balaban J connectivity index is 1.89. The smallest absolute Gasteiger partial charge is 0.329 e. The van der Waals surface area contributed by atoms with Crippen molar-refractivity contribution in [3.05, 3.63) is 38.2 Å². The molecule has 1 aliphatic carbocycles. The van der Waals surface area contributed by atoms with Crippen LogP contribution >= 0.6 is 0 Å². The van der Waals surface area contributed by atoms with Crippen molar-refractivity contribution in [2.45, 2.75) is 45.1 Å². The molecular formula is C20H27N5O3. The number of rotatable bonds is 4. The Kier molecular flexibility index (Phi) is 5.05. The van der Waals surface area contributed by atoms with Gasteiger partial charge >= 0.3 is 5.69 Å². The Labute approximate surface area is 163 Å². The molecule has 0 aromatic carbocycles. The lowest BCUT2D eigenvalue weighted by Crippen LogP contribution is -2.37. The fraction of sp³-hybridized carbons (Fsp3) is 0.600. The van der Waals surface area contributed by atoms with Crippen molar-refractivity contribution in [1.82, 2.24) is 24.3 Å². The van der Waals surface area contributed by atoms with Gasteiger partial charge in [0, 0.05) is 37.8 Å². The van der Waals surface area contributed by atoms with Crippen LogP contribution in [0.25, 0.3) is 11.0 Å². The van der Waals surface area contributed by atoms with Gasteiger partial charge in [-0.25, -0.2) is 9.78 Å². The minimum atomic E-state index is -0.530.